The fraction of sp³-hybridized carbons (Fsp3) is 0.308. The Hall–Kier alpha value is -2.25. The average molecular weight is 277 g/mol. The number of benzene rings is 1. The van der Waals surface area contributed by atoms with Crippen LogP contribution in [-0.4, -0.2) is 38.9 Å². The first-order chi connectivity index (χ1) is 9.47. The van der Waals surface area contributed by atoms with Crippen LogP contribution >= 0.6 is 0 Å². The summed E-state index contributed by atoms with van der Waals surface area (Å²) >= 11 is 0. The SMILES string of the molecule is CC(CO)(CO)Nc1ccc2cc([N+](=O)[O-])ccc2n1. The van der Waals surface area contributed by atoms with E-state index in [0.717, 1.165) is 0 Å². The van der Waals surface area contributed by atoms with Crippen molar-refractivity contribution < 1.29 is 15.1 Å². The molecule has 0 amide bonds. The summed E-state index contributed by atoms with van der Waals surface area (Å²) in [5, 5.41) is 32.7. The molecule has 0 unspecified atom stereocenters. The molecule has 1 heterocycles. The molecule has 1 aromatic carbocycles. The molecule has 0 aliphatic carbocycles. The number of nitro benzene ring substituents is 1. The summed E-state index contributed by atoms with van der Waals surface area (Å²) in [4.78, 5) is 14.5. The van der Waals surface area contributed by atoms with E-state index in [1.165, 1.54) is 12.1 Å². The maximum Gasteiger partial charge on any atom is 0.270 e. The fourth-order valence-electron chi connectivity index (χ4n) is 1.73. The van der Waals surface area contributed by atoms with Crippen LogP contribution in [0.4, 0.5) is 11.5 Å². The number of rotatable bonds is 5. The molecule has 0 radical (unpaired) electrons. The van der Waals surface area contributed by atoms with E-state index in [0.29, 0.717) is 16.7 Å². The number of hydrogen-bond acceptors (Lipinski definition) is 6. The molecular weight excluding hydrogens is 262 g/mol. The largest absolute Gasteiger partial charge is 0.394 e. The molecule has 2 aromatic rings. The number of anilines is 1. The van der Waals surface area contributed by atoms with Crippen LogP contribution in [0.15, 0.2) is 30.3 Å². The van der Waals surface area contributed by atoms with Gasteiger partial charge in [-0.25, -0.2) is 4.98 Å². The molecular formula is C13H15N3O4. The smallest absolute Gasteiger partial charge is 0.270 e. The minimum atomic E-state index is -0.874. The Morgan fingerprint density at radius 3 is 2.60 bits per heavy atom. The second kappa shape index (κ2) is 5.40. The molecule has 7 heteroatoms. The van der Waals surface area contributed by atoms with E-state index in [-0.39, 0.29) is 18.9 Å². The predicted octanol–water partition coefficient (Wildman–Crippen LogP) is 1.30. The number of aliphatic hydroxyl groups excluding tert-OH is 2. The lowest BCUT2D eigenvalue weighted by Gasteiger charge is -2.26. The van der Waals surface area contributed by atoms with Crippen LogP contribution < -0.4 is 5.32 Å². The highest BCUT2D eigenvalue weighted by molar-refractivity contribution is 5.82. The molecule has 106 valence electrons. The van der Waals surface area contributed by atoms with Crippen molar-refractivity contribution in [2.45, 2.75) is 12.5 Å². The van der Waals surface area contributed by atoms with E-state index >= 15 is 0 Å². The number of nitrogens with zero attached hydrogens (tertiary/aromatic N) is 2. The molecule has 7 nitrogen and oxygen atoms in total. The summed E-state index contributed by atoms with van der Waals surface area (Å²) in [6, 6.07) is 7.75. The van der Waals surface area contributed by atoms with Crippen LogP contribution in [0.3, 0.4) is 0 Å². The Kier molecular flexibility index (Phi) is 3.82. The number of aromatic nitrogens is 1. The lowest BCUT2D eigenvalue weighted by molar-refractivity contribution is -0.384. The van der Waals surface area contributed by atoms with Crippen LogP contribution in [0.1, 0.15) is 6.92 Å². The normalized spacial score (nSPS) is 11.6. The maximum atomic E-state index is 10.7. The topological polar surface area (TPSA) is 109 Å². The number of hydrogen-bond donors (Lipinski definition) is 3. The molecule has 0 fully saturated rings. The summed E-state index contributed by atoms with van der Waals surface area (Å²) in [6.07, 6.45) is 0. The van der Waals surface area contributed by atoms with Crippen LogP contribution in [0.2, 0.25) is 0 Å². The number of fused-ring (bicyclic) bond motifs is 1. The molecule has 0 saturated carbocycles. The third kappa shape index (κ3) is 2.84. The van der Waals surface area contributed by atoms with Crippen LogP contribution in [0.5, 0.6) is 0 Å². The minimum absolute atomic E-state index is 0.00978. The van der Waals surface area contributed by atoms with E-state index in [1.807, 2.05) is 0 Å². The van der Waals surface area contributed by atoms with Crippen molar-refractivity contribution in [3.8, 4) is 0 Å². The molecule has 0 aliphatic heterocycles. The summed E-state index contributed by atoms with van der Waals surface area (Å²) in [6.45, 7) is 1.17. The zero-order chi connectivity index (χ0) is 14.8. The van der Waals surface area contributed by atoms with Gasteiger partial charge < -0.3 is 15.5 Å². The first kappa shape index (κ1) is 14.2. The number of pyridine rings is 1. The highest BCUT2D eigenvalue weighted by Gasteiger charge is 2.22. The standard InChI is InChI=1S/C13H15N3O4/c1-13(7-17,8-18)15-12-5-2-9-6-10(16(19)20)3-4-11(9)14-12/h2-6,17-18H,7-8H2,1H3,(H,14,15). The lowest BCUT2D eigenvalue weighted by Crippen LogP contribution is -2.42. The Labute approximate surface area is 115 Å². The van der Waals surface area contributed by atoms with Crippen molar-refractivity contribution in [3.63, 3.8) is 0 Å². The van der Waals surface area contributed by atoms with E-state index < -0.39 is 10.5 Å². The molecule has 1 aromatic heterocycles. The zero-order valence-electron chi connectivity index (χ0n) is 10.9. The molecule has 0 saturated heterocycles. The van der Waals surface area contributed by atoms with Gasteiger partial charge >= 0.3 is 0 Å². The lowest BCUT2D eigenvalue weighted by atomic mass is 10.1. The Morgan fingerprint density at radius 2 is 2.00 bits per heavy atom. The predicted molar refractivity (Wildman–Crippen MR) is 74.6 cm³/mol. The summed E-state index contributed by atoms with van der Waals surface area (Å²) in [7, 11) is 0. The Balaban J connectivity index is 2.35. The average Bonchev–Trinajstić information content (AvgIpc) is 2.46. The van der Waals surface area contributed by atoms with Gasteiger partial charge in [0.2, 0.25) is 0 Å². The second-order valence-corrected chi connectivity index (χ2v) is 4.83. The molecule has 2 rings (SSSR count). The van der Waals surface area contributed by atoms with Gasteiger partial charge in [0.15, 0.2) is 0 Å². The Bertz CT molecular complexity index is 641. The quantitative estimate of drug-likeness (QED) is 0.561. The van der Waals surface area contributed by atoms with Gasteiger partial charge in [-0.05, 0) is 25.1 Å². The van der Waals surface area contributed by atoms with Gasteiger partial charge in [0.05, 0.1) is 29.2 Å². The van der Waals surface area contributed by atoms with Crippen molar-refractivity contribution in [2.75, 3.05) is 18.5 Å². The zero-order valence-corrected chi connectivity index (χ0v) is 10.9. The van der Waals surface area contributed by atoms with Gasteiger partial charge in [0, 0.05) is 17.5 Å². The van der Waals surface area contributed by atoms with E-state index in [1.54, 1.807) is 25.1 Å². The van der Waals surface area contributed by atoms with Gasteiger partial charge in [0.25, 0.3) is 5.69 Å². The summed E-state index contributed by atoms with van der Waals surface area (Å²) in [5.41, 5.74) is -0.268. The van der Waals surface area contributed by atoms with E-state index in [2.05, 4.69) is 10.3 Å². The maximum absolute atomic E-state index is 10.7. The van der Waals surface area contributed by atoms with Crippen molar-refractivity contribution >= 4 is 22.4 Å². The van der Waals surface area contributed by atoms with Gasteiger partial charge in [0.1, 0.15) is 5.82 Å². The van der Waals surface area contributed by atoms with Crippen LogP contribution in [-0.2, 0) is 0 Å². The molecule has 20 heavy (non-hydrogen) atoms. The van der Waals surface area contributed by atoms with E-state index in [9.17, 15) is 20.3 Å². The minimum Gasteiger partial charge on any atom is -0.394 e. The molecule has 0 spiro atoms. The monoisotopic (exact) mass is 277 g/mol. The summed E-state index contributed by atoms with van der Waals surface area (Å²) in [5.74, 6) is 0.483. The third-order valence-corrected chi connectivity index (χ3v) is 3.01. The van der Waals surface area contributed by atoms with Gasteiger partial charge in [-0.15, -0.1) is 0 Å². The number of non-ortho nitro benzene ring substituents is 1. The second-order valence-electron chi connectivity index (χ2n) is 4.83. The highest BCUT2D eigenvalue weighted by atomic mass is 16.6. The van der Waals surface area contributed by atoms with Crippen molar-refractivity contribution in [1.29, 1.82) is 0 Å². The van der Waals surface area contributed by atoms with Crippen molar-refractivity contribution in [2.24, 2.45) is 0 Å². The number of aliphatic hydroxyl groups is 2. The summed E-state index contributed by atoms with van der Waals surface area (Å²) < 4.78 is 0. The first-order valence-electron chi connectivity index (χ1n) is 6.02. The first-order valence-corrected chi connectivity index (χ1v) is 6.02. The molecule has 3 N–H and O–H groups in total. The van der Waals surface area contributed by atoms with Crippen LogP contribution in [0.25, 0.3) is 10.9 Å². The van der Waals surface area contributed by atoms with Gasteiger partial charge in [-0.3, -0.25) is 10.1 Å². The highest BCUT2D eigenvalue weighted by Crippen LogP contribution is 2.22. The van der Waals surface area contributed by atoms with Crippen molar-refractivity contribution in [3.05, 3.63) is 40.4 Å². The fourth-order valence-corrected chi connectivity index (χ4v) is 1.73. The van der Waals surface area contributed by atoms with E-state index in [4.69, 9.17) is 0 Å². The van der Waals surface area contributed by atoms with Gasteiger partial charge in [-0.2, -0.15) is 0 Å². The molecule has 0 atom stereocenters. The Morgan fingerprint density at radius 1 is 1.30 bits per heavy atom. The third-order valence-electron chi connectivity index (χ3n) is 3.01. The number of nitrogens with one attached hydrogen (secondary N) is 1. The molecule has 0 bridgehead atoms. The van der Waals surface area contributed by atoms with Crippen molar-refractivity contribution in [1.82, 2.24) is 4.98 Å². The van der Waals surface area contributed by atoms with Gasteiger partial charge in [-0.1, -0.05) is 0 Å². The number of nitro groups is 1. The molecule has 0 aliphatic rings. The van der Waals surface area contributed by atoms with Crippen LogP contribution in [0, 0.1) is 10.1 Å².